The summed E-state index contributed by atoms with van der Waals surface area (Å²) in [6.45, 7) is 1.86. The Morgan fingerprint density at radius 3 is 2.74 bits per heavy atom. The third kappa shape index (κ3) is 4.50. The highest BCUT2D eigenvalue weighted by molar-refractivity contribution is 6.30. The topological polar surface area (TPSA) is 85.2 Å². The van der Waals surface area contributed by atoms with Gasteiger partial charge >= 0.3 is 0 Å². The van der Waals surface area contributed by atoms with Crippen LogP contribution in [0.15, 0.2) is 54.2 Å². The van der Waals surface area contributed by atoms with E-state index in [1.54, 1.807) is 30.3 Å². The van der Waals surface area contributed by atoms with E-state index in [2.05, 4.69) is 10.6 Å². The fourth-order valence-corrected chi connectivity index (χ4v) is 2.10. The average Bonchev–Trinajstić information content (AvgIpc) is 2.49. The molecule has 0 radical (unpaired) electrons. The maximum atomic E-state index is 12.1. The van der Waals surface area contributed by atoms with Crippen molar-refractivity contribution in [1.82, 2.24) is 0 Å². The van der Waals surface area contributed by atoms with Gasteiger partial charge in [-0.15, -0.1) is 0 Å². The fraction of sp³-hybridized carbons (Fsp3) is 0.0588. The van der Waals surface area contributed by atoms with Crippen LogP contribution in [0.1, 0.15) is 5.56 Å². The first-order valence-corrected chi connectivity index (χ1v) is 7.11. The summed E-state index contributed by atoms with van der Waals surface area (Å²) in [6.07, 6.45) is 1.33. The summed E-state index contributed by atoms with van der Waals surface area (Å²) in [5.41, 5.74) is 1.94. The average molecular weight is 328 g/mol. The number of aryl methyl sites for hydroxylation is 1. The summed E-state index contributed by atoms with van der Waals surface area (Å²) in [5.74, 6) is -0.544. The molecule has 2 aromatic carbocycles. The number of carbonyl (C=O) groups excluding carboxylic acids is 1. The molecule has 0 bridgehead atoms. The first-order chi connectivity index (χ1) is 11.0. The Morgan fingerprint density at radius 1 is 1.30 bits per heavy atom. The second-order valence-corrected chi connectivity index (χ2v) is 5.21. The van der Waals surface area contributed by atoms with Crippen LogP contribution in [0.4, 0.5) is 11.4 Å². The van der Waals surface area contributed by atoms with Gasteiger partial charge in [-0.25, -0.2) is 0 Å². The molecule has 2 rings (SSSR count). The predicted octanol–water partition coefficient (Wildman–Crippen LogP) is 3.81. The van der Waals surface area contributed by atoms with Crippen LogP contribution in [0.3, 0.4) is 0 Å². The standard InChI is InChI=1S/C17H14ClN3O2/c1-11-7-13(18)5-6-16(11)20-10-12(9-19)17(23)21-14-3-2-4-15(22)8-14/h2-8,10,20,22H,1H3,(H,21,23)/b12-10-. The summed E-state index contributed by atoms with van der Waals surface area (Å²) in [7, 11) is 0. The number of phenols is 1. The Balaban J connectivity index is 2.12. The lowest BCUT2D eigenvalue weighted by atomic mass is 10.2. The van der Waals surface area contributed by atoms with E-state index < -0.39 is 5.91 Å². The van der Waals surface area contributed by atoms with E-state index >= 15 is 0 Å². The van der Waals surface area contributed by atoms with Crippen LogP contribution >= 0.6 is 11.6 Å². The van der Waals surface area contributed by atoms with Gasteiger partial charge in [0.1, 0.15) is 17.4 Å². The van der Waals surface area contributed by atoms with Gasteiger partial charge in [0.15, 0.2) is 0 Å². The summed E-state index contributed by atoms with van der Waals surface area (Å²) < 4.78 is 0. The third-order valence-corrected chi connectivity index (χ3v) is 3.26. The molecule has 0 saturated carbocycles. The van der Waals surface area contributed by atoms with Crippen molar-refractivity contribution in [3.8, 4) is 11.8 Å². The van der Waals surface area contributed by atoms with Gasteiger partial charge in [-0.1, -0.05) is 17.7 Å². The van der Waals surface area contributed by atoms with E-state index in [-0.39, 0.29) is 11.3 Å². The lowest BCUT2D eigenvalue weighted by Crippen LogP contribution is -2.14. The zero-order valence-corrected chi connectivity index (χ0v) is 13.1. The minimum Gasteiger partial charge on any atom is -0.508 e. The smallest absolute Gasteiger partial charge is 0.267 e. The molecule has 5 nitrogen and oxygen atoms in total. The molecule has 0 aliphatic rings. The van der Waals surface area contributed by atoms with E-state index in [0.717, 1.165) is 11.3 Å². The monoisotopic (exact) mass is 327 g/mol. The first-order valence-electron chi connectivity index (χ1n) is 6.73. The number of rotatable bonds is 4. The van der Waals surface area contributed by atoms with Crippen molar-refractivity contribution in [2.75, 3.05) is 10.6 Å². The Labute approximate surface area is 138 Å². The summed E-state index contributed by atoms with van der Waals surface area (Å²) in [4.78, 5) is 12.1. The number of anilines is 2. The van der Waals surface area contributed by atoms with Crippen molar-refractivity contribution >= 4 is 28.9 Å². The molecule has 6 heteroatoms. The number of benzene rings is 2. The van der Waals surface area contributed by atoms with Crippen LogP contribution in [0, 0.1) is 18.3 Å². The van der Waals surface area contributed by atoms with Gasteiger partial charge in [-0.05, 0) is 42.8 Å². The zero-order chi connectivity index (χ0) is 16.8. The van der Waals surface area contributed by atoms with Crippen LogP contribution in [0.5, 0.6) is 5.75 Å². The van der Waals surface area contributed by atoms with Crippen LogP contribution in [0.25, 0.3) is 0 Å². The molecule has 116 valence electrons. The maximum absolute atomic E-state index is 12.1. The number of carbonyl (C=O) groups is 1. The number of nitrogens with zero attached hydrogens (tertiary/aromatic N) is 1. The maximum Gasteiger partial charge on any atom is 0.267 e. The summed E-state index contributed by atoms with van der Waals surface area (Å²) in [5, 5.41) is 24.6. The normalized spacial score (nSPS) is 10.7. The van der Waals surface area contributed by atoms with E-state index in [9.17, 15) is 9.90 Å². The van der Waals surface area contributed by atoms with E-state index in [4.69, 9.17) is 16.9 Å². The van der Waals surface area contributed by atoms with Crippen molar-refractivity contribution in [1.29, 1.82) is 5.26 Å². The highest BCUT2D eigenvalue weighted by Crippen LogP contribution is 2.20. The van der Waals surface area contributed by atoms with Crippen molar-refractivity contribution in [3.63, 3.8) is 0 Å². The van der Waals surface area contributed by atoms with E-state index in [1.807, 2.05) is 13.0 Å². The van der Waals surface area contributed by atoms with Crippen LogP contribution in [-0.2, 0) is 4.79 Å². The van der Waals surface area contributed by atoms with E-state index in [0.29, 0.717) is 10.7 Å². The largest absolute Gasteiger partial charge is 0.508 e. The lowest BCUT2D eigenvalue weighted by molar-refractivity contribution is -0.112. The molecule has 0 aromatic heterocycles. The van der Waals surface area contributed by atoms with Crippen molar-refractivity contribution in [3.05, 3.63) is 64.8 Å². The van der Waals surface area contributed by atoms with Gasteiger partial charge in [-0.3, -0.25) is 4.79 Å². The van der Waals surface area contributed by atoms with Gasteiger partial charge in [0.05, 0.1) is 0 Å². The summed E-state index contributed by atoms with van der Waals surface area (Å²) in [6, 6.07) is 13.2. The fourth-order valence-electron chi connectivity index (χ4n) is 1.87. The molecule has 1 amide bonds. The quantitative estimate of drug-likeness (QED) is 0.589. The van der Waals surface area contributed by atoms with Crippen molar-refractivity contribution in [2.45, 2.75) is 6.92 Å². The Hall–Kier alpha value is -2.97. The highest BCUT2D eigenvalue weighted by Gasteiger charge is 2.10. The van der Waals surface area contributed by atoms with Crippen molar-refractivity contribution in [2.24, 2.45) is 0 Å². The molecule has 0 aliphatic heterocycles. The highest BCUT2D eigenvalue weighted by atomic mass is 35.5. The number of phenolic OH excluding ortho intramolecular Hbond substituents is 1. The molecule has 2 aromatic rings. The Kier molecular flexibility index (Phi) is 5.23. The lowest BCUT2D eigenvalue weighted by Gasteiger charge is -2.07. The number of aromatic hydroxyl groups is 1. The number of nitrogens with one attached hydrogen (secondary N) is 2. The number of nitriles is 1. The molecule has 0 saturated heterocycles. The molecule has 23 heavy (non-hydrogen) atoms. The van der Waals surface area contributed by atoms with E-state index in [1.165, 1.54) is 18.3 Å². The third-order valence-electron chi connectivity index (χ3n) is 3.03. The number of halogens is 1. The minimum atomic E-state index is -0.572. The van der Waals surface area contributed by atoms with Crippen LogP contribution in [0.2, 0.25) is 5.02 Å². The Bertz CT molecular complexity index is 810. The Morgan fingerprint density at radius 2 is 2.09 bits per heavy atom. The zero-order valence-electron chi connectivity index (χ0n) is 12.3. The molecule has 0 unspecified atom stereocenters. The molecule has 0 aliphatic carbocycles. The van der Waals surface area contributed by atoms with Gasteiger partial charge in [0.2, 0.25) is 0 Å². The molecule has 0 fully saturated rings. The molecular formula is C17H14ClN3O2. The minimum absolute atomic E-state index is 0.0280. The number of hydrogen-bond acceptors (Lipinski definition) is 4. The number of hydrogen-bond donors (Lipinski definition) is 3. The van der Waals surface area contributed by atoms with Gasteiger partial charge < -0.3 is 15.7 Å². The second kappa shape index (κ2) is 7.34. The van der Waals surface area contributed by atoms with Gasteiger partial charge in [0, 0.05) is 28.7 Å². The van der Waals surface area contributed by atoms with Gasteiger partial charge in [-0.2, -0.15) is 5.26 Å². The number of amides is 1. The molecular weight excluding hydrogens is 314 g/mol. The van der Waals surface area contributed by atoms with Crippen molar-refractivity contribution < 1.29 is 9.90 Å². The predicted molar refractivity (Wildman–Crippen MR) is 90.2 cm³/mol. The van der Waals surface area contributed by atoms with Crippen LogP contribution in [-0.4, -0.2) is 11.0 Å². The summed E-state index contributed by atoms with van der Waals surface area (Å²) >= 11 is 5.88. The second-order valence-electron chi connectivity index (χ2n) is 4.78. The molecule has 0 atom stereocenters. The molecule has 0 heterocycles. The SMILES string of the molecule is Cc1cc(Cl)ccc1N/C=C(/C#N)C(=O)Nc1cccc(O)c1. The molecule has 0 spiro atoms. The van der Waals surface area contributed by atoms with Gasteiger partial charge in [0.25, 0.3) is 5.91 Å². The molecule has 3 N–H and O–H groups in total. The van der Waals surface area contributed by atoms with Crippen LogP contribution < -0.4 is 10.6 Å². The first kappa shape index (κ1) is 16.4.